The van der Waals surface area contributed by atoms with Gasteiger partial charge < -0.3 is 15.4 Å². The van der Waals surface area contributed by atoms with Crippen molar-refractivity contribution in [1.29, 1.82) is 0 Å². The SMILES string of the molecule is O=C(Nc1c(Cl)cccc1C(F)(F)F)C1COCCN1. The van der Waals surface area contributed by atoms with Gasteiger partial charge in [0.2, 0.25) is 5.91 Å². The van der Waals surface area contributed by atoms with Crippen molar-refractivity contribution in [3.63, 3.8) is 0 Å². The maximum Gasteiger partial charge on any atom is 0.418 e. The third kappa shape index (κ3) is 3.41. The molecular weight excluding hydrogens is 297 g/mol. The van der Waals surface area contributed by atoms with Gasteiger partial charge in [-0.2, -0.15) is 13.2 Å². The van der Waals surface area contributed by atoms with Gasteiger partial charge in [-0.05, 0) is 12.1 Å². The Labute approximate surface area is 118 Å². The van der Waals surface area contributed by atoms with Crippen LogP contribution in [0.5, 0.6) is 0 Å². The maximum atomic E-state index is 12.9. The van der Waals surface area contributed by atoms with Crippen LogP contribution in [-0.4, -0.2) is 31.7 Å². The fourth-order valence-electron chi connectivity index (χ4n) is 1.83. The van der Waals surface area contributed by atoms with Crippen LogP contribution in [0.25, 0.3) is 0 Å². The first kappa shape index (κ1) is 15.1. The van der Waals surface area contributed by atoms with Crippen molar-refractivity contribution in [3.05, 3.63) is 28.8 Å². The summed E-state index contributed by atoms with van der Waals surface area (Å²) in [5.41, 5.74) is -1.41. The molecule has 2 rings (SSSR count). The second-order valence-electron chi connectivity index (χ2n) is 4.23. The Balaban J connectivity index is 2.22. The number of amides is 1. The smallest absolute Gasteiger partial charge is 0.378 e. The van der Waals surface area contributed by atoms with E-state index < -0.39 is 29.4 Å². The highest BCUT2D eigenvalue weighted by atomic mass is 35.5. The molecule has 20 heavy (non-hydrogen) atoms. The molecule has 0 aromatic heterocycles. The van der Waals surface area contributed by atoms with Crippen molar-refractivity contribution in [2.24, 2.45) is 0 Å². The second-order valence-corrected chi connectivity index (χ2v) is 4.64. The summed E-state index contributed by atoms with van der Waals surface area (Å²) in [6, 6.07) is 2.65. The molecule has 1 aromatic rings. The van der Waals surface area contributed by atoms with Crippen LogP contribution < -0.4 is 10.6 Å². The molecule has 1 aliphatic heterocycles. The molecule has 1 fully saturated rings. The number of rotatable bonds is 2. The molecule has 2 N–H and O–H groups in total. The lowest BCUT2D eigenvalue weighted by Crippen LogP contribution is -2.49. The number of hydrogen-bond donors (Lipinski definition) is 2. The zero-order chi connectivity index (χ0) is 14.8. The molecule has 1 heterocycles. The Morgan fingerprint density at radius 3 is 2.80 bits per heavy atom. The summed E-state index contributed by atoms with van der Waals surface area (Å²) in [6.45, 7) is 1.04. The van der Waals surface area contributed by atoms with E-state index in [0.29, 0.717) is 13.2 Å². The van der Waals surface area contributed by atoms with E-state index in [9.17, 15) is 18.0 Å². The zero-order valence-corrected chi connectivity index (χ0v) is 11.0. The number of para-hydroxylation sites is 1. The van der Waals surface area contributed by atoms with Crippen LogP contribution in [0.1, 0.15) is 5.56 Å². The van der Waals surface area contributed by atoms with E-state index in [1.165, 1.54) is 12.1 Å². The van der Waals surface area contributed by atoms with Crippen LogP contribution in [0.2, 0.25) is 5.02 Å². The third-order valence-electron chi connectivity index (χ3n) is 2.81. The topological polar surface area (TPSA) is 50.4 Å². The first-order valence-corrected chi connectivity index (χ1v) is 6.25. The summed E-state index contributed by atoms with van der Waals surface area (Å²) in [5.74, 6) is -0.608. The number of halogens is 4. The summed E-state index contributed by atoms with van der Waals surface area (Å²) in [7, 11) is 0. The minimum absolute atomic E-state index is 0.109. The van der Waals surface area contributed by atoms with Crippen molar-refractivity contribution in [1.82, 2.24) is 5.32 Å². The number of nitrogens with one attached hydrogen (secondary N) is 2. The lowest BCUT2D eigenvalue weighted by molar-refractivity contribution is -0.137. The monoisotopic (exact) mass is 308 g/mol. The van der Waals surface area contributed by atoms with Gasteiger partial charge in [-0.1, -0.05) is 17.7 Å². The van der Waals surface area contributed by atoms with Crippen molar-refractivity contribution in [3.8, 4) is 0 Å². The Kier molecular flexibility index (Phi) is 4.52. The van der Waals surface area contributed by atoms with Gasteiger partial charge in [0.25, 0.3) is 0 Å². The van der Waals surface area contributed by atoms with Gasteiger partial charge >= 0.3 is 6.18 Å². The molecule has 1 amide bonds. The molecule has 8 heteroatoms. The van der Waals surface area contributed by atoms with Crippen molar-refractivity contribution < 1.29 is 22.7 Å². The van der Waals surface area contributed by atoms with Crippen LogP contribution in [0.4, 0.5) is 18.9 Å². The van der Waals surface area contributed by atoms with E-state index in [1.807, 2.05) is 0 Å². The van der Waals surface area contributed by atoms with Crippen LogP contribution in [0, 0.1) is 0 Å². The molecular formula is C12H12ClF3N2O2. The highest BCUT2D eigenvalue weighted by molar-refractivity contribution is 6.34. The molecule has 0 saturated carbocycles. The second kappa shape index (κ2) is 5.99. The molecule has 1 saturated heterocycles. The molecule has 1 aliphatic rings. The molecule has 1 aromatic carbocycles. The first-order chi connectivity index (χ1) is 9.39. The predicted molar refractivity (Wildman–Crippen MR) is 67.7 cm³/mol. The zero-order valence-electron chi connectivity index (χ0n) is 10.3. The van der Waals surface area contributed by atoms with Gasteiger partial charge in [0.05, 0.1) is 29.5 Å². The van der Waals surface area contributed by atoms with Gasteiger partial charge in [0, 0.05) is 6.54 Å². The molecule has 0 bridgehead atoms. The van der Waals surface area contributed by atoms with E-state index in [4.69, 9.17) is 16.3 Å². The van der Waals surface area contributed by atoms with Crippen LogP contribution in [-0.2, 0) is 15.7 Å². The Morgan fingerprint density at radius 1 is 1.45 bits per heavy atom. The first-order valence-electron chi connectivity index (χ1n) is 5.87. The van der Waals surface area contributed by atoms with E-state index >= 15 is 0 Å². The summed E-state index contributed by atoms with van der Waals surface area (Å²) in [5, 5.41) is 4.91. The highest BCUT2D eigenvalue weighted by Gasteiger charge is 2.35. The summed E-state index contributed by atoms with van der Waals surface area (Å²) < 4.78 is 43.7. The summed E-state index contributed by atoms with van der Waals surface area (Å²) >= 11 is 5.75. The highest BCUT2D eigenvalue weighted by Crippen LogP contribution is 2.38. The van der Waals surface area contributed by atoms with Crippen molar-refractivity contribution in [2.45, 2.75) is 12.2 Å². The van der Waals surface area contributed by atoms with Gasteiger partial charge in [-0.25, -0.2) is 0 Å². The van der Waals surface area contributed by atoms with Crippen molar-refractivity contribution in [2.75, 3.05) is 25.1 Å². The average molecular weight is 309 g/mol. The fourth-order valence-corrected chi connectivity index (χ4v) is 2.05. The standard InChI is InChI=1S/C12H12ClF3N2O2/c13-8-3-1-2-7(12(14,15)16)10(8)18-11(19)9-6-20-5-4-17-9/h1-3,9,17H,4-6H2,(H,18,19). The van der Waals surface area contributed by atoms with Gasteiger partial charge in [-0.15, -0.1) is 0 Å². The molecule has 0 aliphatic carbocycles. The van der Waals surface area contributed by atoms with Crippen LogP contribution in [0.15, 0.2) is 18.2 Å². The number of morpholine rings is 1. The minimum atomic E-state index is -4.59. The van der Waals surface area contributed by atoms with Crippen molar-refractivity contribution >= 4 is 23.2 Å². The number of ether oxygens (including phenoxy) is 1. The van der Waals surface area contributed by atoms with E-state index in [-0.39, 0.29) is 11.6 Å². The number of anilines is 1. The predicted octanol–water partition coefficient (Wildman–Crippen LogP) is 2.29. The Bertz CT molecular complexity index is 502. The molecule has 0 spiro atoms. The third-order valence-corrected chi connectivity index (χ3v) is 3.12. The summed E-state index contributed by atoms with van der Waals surface area (Å²) in [6.07, 6.45) is -4.59. The quantitative estimate of drug-likeness (QED) is 0.881. The number of alkyl halides is 3. The molecule has 1 unspecified atom stereocenters. The number of carbonyl (C=O) groups is 1. The average Bonchev–Trinajstić information content (AvgIpc) is 2.40. The van der Waals surface area contributed by atoms with E-state index in [2.05, 4.69) is 10.6 Å². The van der Waals surface area contributed by atoms with Gasteiger partial charge in [-0.3, -0.25) is 4.79 Å². The summed E-state index contributed by atoms with van der Waals surface area (Å²) in [4.78, 5) is 11.9. The molecule has 1 atom stereocenters. The Hall–Kier alpha value is -1.31. The number of hydrogen-bond acceptors (Lipinski definition) is 3. The fraction of sp³-hybridized carbons (Fsp3) is 0.417. The van der Waals surface area contributed by atoms with E-state index in [0.717, 1.165) is 6.07 Å². The van der Waals surface area contributed by atoms with E-state index in [1.54, 1.807) is 0 Å². The van der Waals surface area contributed by atoms with Crippen LogP contribution >= 0.6 is 11.6 Å². The normalized spacial score (nSPS) is 19.7. The minimum Gasteiger partial charge on any atom is -0.378 e. The van der Waals surface area contributed by atoms with Gasteiger partial charge in [0.1, 0.15) is 6.04 Å². The van der Waals surface area contributed by atoms with Gasteiger partial charge in [0.15, 0.2) is 0 Å². The van der Waals surface area contributed by atoms with Crippen LogP contribution in [0.3, 0.4) is 0 Å². The largest absolute Gasteiger partial charge is 0.418 e. The molecule has 4 nitrogen and oxygen atoms in total. The Morgan fingerprint density at radius 2 is 2.20 bits per heavy atom. The number of benzene rings is 1. The number of carbonyl (C=O) groups excluding carboxylic acids is 1. The lowest BCUT2D eigenvalue weighted by atomic mass is 10.1. The molecule has 110 valence electrons. The lowest BCUT2D eigenvalue weighted by Gasteiger charge is -2.24. The maximum absolute atomic E-state index is 12.9. The molecule has 0 radical (unpaired) electrons.